The molecule has 2 aromatic rings. The second-order valence-corrected chi connectivity index (χ2v) is 6.88. The lowest BCUT2D eigenvalue weighted by atomic mass is 10.2. The predicted molar refractivity (Wildman–Crippen MR) is 94.9 cm³/mol. The minimum atomic E-state index is 0.275. The van der Waals surface area contributed by atoms with Crippen molar-refractivity contribution in [2.24, 2.45) is 4.99 Å². The molecule has 0 bridgehead atoms. The van der Waals surface area contributed by atoms with Gasteiger partial charge in [0.25, 0.3) is 0 Å². The zero-order valence-corrected chi connectivity index (χ0v) is 15.0. The Balaban J connectivity index is 2.31. The molecular weight excluding hydrogens is 520 g/mol. The predicted octanol–water partition coefficient (Wildman–Crippen LogP) is 5.11. The lowest BCUT2D eigenvalue weighted by molar-refractivity contribution is 0.470. The molecule has 2 nitrogen and oxygen atoms in total. The van der Waals surface area contributed by atoms with Crippen molar-refractivity contribution in [3.05, 3.63) is 53.6 Å². The lowest BCUT2D eigenvalue weighted by Gasteiger charge is -2.02. The molecule has 0 heterocycles. The maximum atomic E-state index is 9.93. The van der Waals surface area contributed by atoms with Crippen LogP contribution in [0, 0.1) is 7.14 Å². The van der Waals surface area contributed by atoms with Crippen molar-refractivity contribution in [1.82, 2.24) is 0 Å². The molecule has 18 heavy (non-hydrogen) atoms. The van der Waals surface area contributed by atoms with Crippen molar-refractivity contribution >= 4 is 73.0 Å². The van der Waals surface area contributed by atoms with E-state index in [0.29, 0.717) is 0 Å². The van der Waals surface area contributed by atoms with Crippen molar-refractivity contribution < 1.29 is 5.11 Å². The number of hydrogen-bond acceptors (Lipinski definition) is 2. The third kappa shape index (κ3) is 3.67. The third-order valence-electron chi connectivity index (χ3n) is 2.24. The summed E-state index contributed by atoms with van der Waals surface area (Å²) in [6, 6.07) is 11.5. The highest BCUT2D eigenvalue weighted by Crippen LogP contribution is 2.26. The summed E-state index contributed by atoms with van der Waals surface area (Å²) < 4.78 is 2.93. The second kappa shape index (κ2) is 6.33. The molecule has 0 aromatic heterocycles. The van der Waals surface area contributed by atoms with Crippen LogP contribution in [0.25, 0.3) is 0 Å². The van der Waals surface area contributed by atoms with Crippen molar-refractivity contribution in [2.45, 2.75) is 0 Å². The average Bonchev–Trinajstić information content (AvgIpc) is 2.34. The monoisotopic (exact) mass is 527 g/mol. The van der Waals surface area contributed by atoms with Crippen LogP contribution >= 0.6 is 61.1 Å². The molecule has 0 aliphatic heterocycles. The Morgan fingerprint density at radius 1 is 1.11 bits per heavy atom. The number of aromatic hydroxyl groups is 1. The first-order valence-corrected chi connectivity index (χ1v) is 7.99. The summed E-state index contributed by atoms with van der Waals surface area (Å²) in [6.45, 7) is 0. The highest BCUT2D eigenvalue weighted by molar-refractivity contribution is 14.1. The summed E-state index contributed by atoms with van der Waals surface area (Å²) in [5.74, 6) is 0.275. The Hall–Kier alpha value is -0.150. The van der Waals surface area contributed by atoms with Gasteiger partial charge in [-0.1, -0.05) is 15.9 Å². The molecular formula is C13H8BrI2NO. The van der Waals surface area contributed by atoms with E-state index in [1.54, 1.807) is 6.21 Å². The van der Waals surface area contributed by atoms with Gasteiger partial charge in [-0.05, 0) is 81.6 Å². The minimum absolute atomic E-state index is 0.275. The van der Waals surface area contributed by atoms with Crippen molar-refractivity contribution in [1.29, 1.82) is 0 Å². The van der Waals surface area contributed by atoms with Gasteiger partial charge < -0.3 is 5.11 Å². The standard InChI is InChI=1S/C13H8BrI2NO/c14-9-1-3-11(4-2-9)17-7-8-5-10(15)6-12(16)13(8)18/h1-7,18H. The molecule has 0 unspecified atom stereocenters. The van der Waals surface area contributed by atoms with E-state index in [1.165, 1.54) is 0 Å². The lowest BCUT2D eigenvalue weighted by Crippen LogP contribution is -1.87. The molecule has 2 aromatic carbocycles. The van der Waals surface area contributed by atoms with Crippen LogP contribution in [0.1, 0.15) is 5.56 Å². The summed E-state index contributed by atoms with van der Waals surface area (Å²) in [7, 11) is 0. The van der Waals surface area contributed by atoms with Gasteiger partial charge in [-0.2, -0.15) is 0 Å². The van der Waals surface area contributed by atoms with Crippen LogP contribution in [-0.4, -0.2) is 11.3 Å². The molecule has 2 rings (SSSR count). The van der Waals surface area contributed by atoms with Gasteiger partial charge in [0.2, 0.25) is 0 Å². The molecule has 0 saturated heterocycles. The van der Waals surface area contributed by atoms with Gasteiger partial charge in [-0.25, -0.2) is 0 Å². The minimum Gasteiger partial charge on any atom is -0.506 e. The average molecular weight is 528 g/mol. The van der Waals surface area contributed by atoms with Gasteiger partial charge in [-0.15, -0.1) is 0 Å². The summed E-state index contributed by atoms with van der Waals surface area (Å²) in [6.07, 6.45) is 1.68. The molecule has 0 fully saturated rings. The van der Waals surface area contributed by atoms with E-state index in [4.69, 9.17) is 0 Å². The first-order valence-electron chi connectivity index (χ1n) is 5.04. The molecule has 92 valence electrons. The van der Waals surface area contributed by atoms with Crippen LogP contribution in [0.15, 0.2) is 45.9 Å². The molecule has 0 spiro atoms. The quantitative estimate of drug-likeness (QED) is 0.427. The number of phenolic OH excluding ortho intramolecular Hbond substituents is 1. The van der Waals surface area contributed by atoms with Gasteiger partial charge in [0, 0.05) is 19.8 Å². The first kappa shape index (κ1) is 14.3. The Morgan fingerprint density at radius 2 is 1.78 bits per heavy atom. The number of rotatable bonds is 2. The Kier molecular flexibility index (Phi) is 5.02. The maximum absolute atomic E-state index is 9.93. The molecule has 0 atom stereocenters. The number of phenols is 1. The van der Waals surface area contributed by atoms with Crippen LogP contribution in [0.5, 0.6) is 5.75 Å². The Morgan fingerprint density at radius 3 is 2.44 bits per heavy atom. The molecule has 0 radical (unpaired) electrons. The molecule has 0 saturated carbocycles. The van der Waals surface area contributed by atoms with E-state index >= 15 is 0 Å². The smallest absolute Gasteiger partial charge is 0.137 e. The van der Waals surface area contributed by atoms with Crippen molar-refractivity contribution in [3.63, 3.8) is 0 Å². The third-order valence-corrected chi connectivity index (χ3v) is 4.21. The van der Waals surface area contributed by atoms with Gasteiger partial charge in [0.05, 0.1) is 9.26 Å². The first-order chi connectivity index (χ1) is 8.56. The zero-order valence-electron chi connectivity index (χ0n) is 9.07. The van der Waals surface area contributed by atoms with Gasteiger partial charge >= 0.3 is 0 Å². The fourth-order valence-corrected chi connectivity index (χ4v) is 3.51. The number of nitrogens with zero attached hydrogens (tertiary/aromatic N) is 1. The van der Waals surface area contributed by atoms with Crippen LogP contribution in [0.3, 0.4) is 0 Å². The van der Waals surface area contributed by atoms with Crippen molar-refractivity contribution in [3.8, 4) is 5.75 Å². The molecule has 0 amide bonds. The highest BCUT2D eigenvalue weighted by Gasteiger charge is 2.04. The number of aliphatic imine (C=N–C) groups is 1. The molecule has 1 N–H and O–H groups in total. The van der Waals surface area contributed by atoms with Gasteiger partial charge in [0.15, 0.2) is 0 Å². The van der Waals surface area contributed by atoms with E-state index in [0.717, 1.165) is 22.9 Å². The summed E-state index contributed by atoms with van der Waals surface area (Å²) >= 11 is 7.71. The second-order valence-electron chi connectivity index (χ2n) is 3.56. The topological polar surface area (TPSA) is 32.6 Å². The number of benzene rings is 2. The van der Waals surface area contributed by atoms with Crippen LogP contribution in [0.4, 0.5) is 5.69 Å². The van der Waals surface area contributed by atoms with Crippen LogP contribution in [0.2, 0.25) is 0 Å². The Labute approximate surface area is 141 Å². The van der Waals surface area contributed by atoms with Gasteiger partial charge in [0.1, 0.15) is 5.75 Å². The van der Waals surface area contributed by atoms with E-state index in [2.05, 4.69) is 66.1 Å². The SMILES string of the molecule is Oc1c(I)cc(I)cc1C=Nc1ccc(Br)cc1. The summed E-state index contributed by atoms with van der Waals surface area (Å²) in [4.78, 5) is 4.35. The molecule has 0 aliphatic rings. The normalized spacial score (nSPS) is 11.1. The van der Waals surface area contributed by atoms with Crippen molar-refractivity contribution in [2.75, 3.05) is 0 Å². The maximum Gasteiger partial charge on any atom is 0.137 e. The molecule has 0 aliphatic carbocycles. The van der Waals surface area contributed by atoms with E-state index in [-0.39, 0.29) is 5.75 Å². The fraction of sp³-hybridized carbons (Fsp3) is 0. The van der Waals surface area contributed by atoms with E-state index in [1.807, 2.05) is 36.4 Å². The number of halogens is 3. The van der Waals surface area contributed by atoms with Gasteiger partial charge in [-0.3, -0.25) is 4.99 Å². The fourth-order valence-electron chi connectivity index (χ4n) is 1.36. The molecule has 5 heteroatoms. The summed E-state index contributed by atoms with van der Waals surface area (Å²) in [5.41, 5.74) is 1.58. The zero-order chi connectivity index (χ0) is 13.1. The van der Waals surface area contributed by atoms with E-state index in [9.17, 15) is 5.11 Å². The summed E-state index contributed by atoms with van der Waals surface area (Å²) in [5, 5.41) is 9.93. The highest BCUT2D eigenvalue weighted by atomic mass is 127. The number of hydrogen-bond donors (Lipinski definition) is 1. The Bertz CT molecular complexity index is 597. The van der Waals surface area contributed by atoms with E-state index < -0.39 is 0 Å². The largest absolute Gasteiger partial charge is 0.506 e. The van der Waals surface area contributed by atoms with Crippen LogP contribution < -0.4 is 0 Å². The van der Waals surface area contributed by atoms with Crippen LogP contribution in [-0.2, 0) is 0 Å².